The van der Waals surface area contributed by atoms with E-state index in [9.17, 15) is 5.11 Å². The molecule has 0 radical (unpaired) electrons. The summed E-state index contributed by atoms with van der Waals surface area (Å²) in [4.78, 5) is 0. The highest BCUT2D eigenvalue weighted by atomic mass is 16.9. The van der Waals surface area contributed by atoms with Crippen molar-refractivity contribution in [2.45, 2.75) is 56.4 Å². The Morgan fingerprint density at radius 2 is 1.80 bits per heavy atom. The zero-order valence-corrected chi connectivity index (χ0v) is 12.3. The lowest BCUT2D eigenvalue weighted by atomic mass is 9.96. The lowest BCUT2D eigenvalue weighted by Gasteiger charge is -2.45. The second-order valence-corrected chi connectivity index (χ2v) is 6.14. The molecule has 3 rings (SSSR count). The van der Waals surface area contributed by atoms with Crippen LogP contribution in [0.4, 0.5) is 0 Å². The van der Waals surface area contributed by atoms with Crippen molar-refractivity contribution in [2.24, 2.45) is 0 Å². The van der Waals surface area contributed by atoms with E-state index in [4.69, 9.17) is 28.4 Å². The van der Waals surface area contributed by atoms with Crippen LogP contribution in [-0.4, -0.2) is 67.7 Å². The molecule has 1 unspecified atom stereocenters. The Morgan fingerprint density at radius 1 is 1.10 bits per heavy atom. The average Bonchev–Trinajstić information content (AvgIpc) is 3.00. The molecule has 1 N–H and O–H groups in total. The summed E-state index contributed by atoms with van der Waals surface area (Å²) in [5.41, 5.74) is 0. The standard InChI is InChI=1S/C13H22O7/c1-11(2)17-7-13(20-11)10(19-12(3)6-18-12)9(15-4)8(14)5-16-13/h8-10,14H,5-7H2,1-4H3/t8-,9-,10-,12?,13+/m1/s1. The topological polar surface area (TPSA) is 78.9 Å². The normalized spacial score (nSPS) is 50.5. The molecule has 3 heterocycles. The molecule has 3 aliphatic heterocycles. The molecule has 3 saturated heterocycles. The zero-order chi connectivity index (χ0) is 14.6. The molecule has 1 spiro atoms. The van der Waals surface area contributed by atoms with Gasteiger partial charge in [-0.05, 0) is 20.8 Å². The highest BCUT2D eigenvalue weighted by Crippen LogP contribution is 2.43. The molecule has 20 heavy (non-hydrogen) atoms. The number of hydrogen-bond donors (Lipinski definition) is 1. The summed E-state index contributed by atoms with van der Waals surface area (Å²) in [6, 6.07) is 0. The first-order valence-electron chi connectivity index (χ1n) is 6.80. The summed E-state index contributed by atoms with van der Waals surface area (Å²) in [5.74, 6) is -2.53. The number of methoxy groups -OCH3 is 1. The number of ether oxygens (including phenoxy) is 6. The number of epoxide rings is 1. The van der Waals surface area contributed by atoms with E-state index in [-0.39, 0.29) is 13.2 Å². The predicted octanol–water partition coefficient (Wildman–Crippen LogP) is 0.00330. The molecule has 116 valence electrons. The van der Waals surface area contributed by atoms with E-state index in [1.165, 1.54) is 7.11 Å². The van der Waals surface area contributed by atoms with Crippen molar-refractivity contribution in [3.63, 3.8) is 0 Å². The predicted molar refractivity (Wildman–Crippen MR) is 65.8 cm³/mol. The Hall–Kier alpha value is -0.280. The van der Waals surface area contributed by atoms with E-state index in [1.807, 2.05) is 20.8 Å². The Kier molecular flexibility index (Phi) is 3.37. The minimum absolute atomic E-state index is 0.107. The maximum atomic E-state index is 10.1. The third kappa shape index (κ3) is 2.48. The molecule has 5 atom stereocenters. The van der Waals surface area contributed by atoms with Crippen LogP contribution in [0.2, 0.25) is 0 Å². The van der Waals surface area contributed by atoms with Crippen LogP contribution in [0, 0.1) is 0 Å². The van der Waals surface area contributed by atoms with Gasteiger partial charge in [-0.2, -0.15) is 0 Å². The fourth-order valence-electron chi connectivity index (χ4n) is 2.69. The van der Waals surface area contributed by atoms with Gasteiger partial charge in [-0.3, -0.25) is 0 Å². The summed E-state index contributed by atoms with van der Waals surface area (Å²) < 4.78 is 33.9. The molecule has 7 heteroatoms. The van der Waals surface area contributed by atoms with Crippen molar-refractivity contribution < 1.29 is 33.5 Å². The fourth-order valence-corrected chi connectivity index (χ4v) is 2.69. The van der Waals surface area contributed by atoms with Crippen molar-refractivity contribution in [1.29, 1.82) is 0 Å². The highest BCUT2D eigenvalue weighted by Gasteiger charge is 2.62. The first kappa shape index (κ1) is 14.6. The van der Waals surface area contributed by atoms with Gasteiger partial charge in [0.15, 0.2) is 11.6 Å². The molecule has 7 nitrogen and oxygen atoms in total. The highest BCUT2D eigenvalue weighted by molar-refractivity contribution is 5.00. The lowest BCUT2D eigenvalue weighted by molar-refractivity contribution is -0.359. The van der Waals surface area contributed by atoms with Crippen molar-refractivity contribution in [2.75, 3.05) is 26.9 Å². The summed E-state index contributed by atoms with van der Waals surface area (Å²) in [5, 5.41) is 10.1. The largest absolute Gasteiger partial charge is 0.388 e. The summed E-state index contributed by atoms with van der Waals surface area (Å²) in [7, 11) is 1.53. The molecule has 0 saturated carbocycles. The zero-order valence-electron chi connectivity index (χ0n) is 12.3. The second kappa shape index (κ2) is 4.61. The Bertz CT molecular complexity index is 381. The molecular weight excluding hydrogens is 268 g/mol. The molecule has 0 amide bonds. The first-order valence-corrected chi connectivity index (χ1v) is 6.80. The van der Waals surface area contributed by atoms with E-state index in [1.54, 1.807) is 0 Å². The maximum absolute atomic E-state index is 10.1. The molecule has 3 aliphatic rings. The van der Waals surface area contributed by atoms with Gasteiger partial charge in [0.25, 0.3) is 0 Å². The molecular formula is C13H22O7. The monoisotopic (exact) mass is 290 g/mol. The number of aliphatic hydroxyl groups excluding tert-OH is 1. The van der Waals surface area contributed by atoms with Gasteiger partial charge in [0.05, 0.1) is 6.61 Å². The van der Waals surface area contributed by atoms with E-state index in [2.05, 4.69) is 0 Å². The molecule has 0 aromatic rings. The SMILES string of the molecule is CO[C@@H]1[C@H](O)CO[C@]2(COC(C)(C)O2)[C@@H]1OC1(C)CO1. The van der Waals surface area contributed by atoms with Crippen LogP contribution in [0.1, 0.15) is 20.8 Å². The summed E-state index contributed by atoms with van der Waals surface area (Å²) in [6.07, 6.45) is -1.99. The molecule has 0 bridgehead atoms. The number of hydrogen-bond acceptors (Lipinski definition) is 7. The van der Waals surface area contributed by atoms with E-state index in [0.717, 1.165) is 0 Å². The van der Waals surface area contributed by atoms with Crippen LogP contribution in [0.25, 0.3) is 0 Å². The summed E-state index contributed by atoms with van der Waals surface area (Å²) >= 11 is 0. The van der Waals surface area contributed by atoms with Gasteiger partial charge in [0, 0.05) is 7.11 Å². The van der Waals surface area contributed by atoms with Gasteiger partial charge in [0.1, 0.15) is 31.5 Å². The van der Waals surface area contributed by atoms with E-state index >= 15 is 0 Å². The minimum Gasteiger partial charge on any atom is -0.388 e. The first-order chi connectivity index (χ1) is 9.29. The van der Waals surface area contributed by atoms with Crippen molar-refractivity contribution in [3.05, 3.63) is 0 Å². The van der Waals surface area contributed by atoms with Crippen LogP contribution in [0.5, 0.6) is 0 Å². The maximum Gasteiger partial charge on any atom is 0.224 e. The smallest absolute Gasteiger partial charge is 0.224 e. The number of aliphatic hydroxyl groups is 1. The Balaban J connectivity index is 1.86. The Morgan fingerprint density at radius 3 is 2.30 bits per heavy atom. The summed E-state index contributed by atoms with van der Waals surface area (Å²) in [6.45, 7) is 6.27. The van der Waals surface area contributed by atoms with Crippen LogP contribution in [-0.2, 0) is 28.4 Å². The van der Waals surface area contributed by atoms with Crippen LogP contribution in [0.15, 0.2) is 0 Å². The molecule has 0 aliphatic carbocycles. The average molecular weight is 290 g/mol. The van der Waals surface area contributed by atoms with Gasteiger partial charge in [0.2, 0.25) is 5.79 Å². The quantitative estimate of drug-likeness (QED) is 0.733. The molecule has 3 fully saturated rings. The van der Waals surface area contributed by atoms with Crippen LogP contribution in [0.3, 0.4) is 0 Å². The minimum atomic E-state index is -1.08. The lowest BCUT2D eigenvalue weighted by Crippen LogP contribution is -2.64. The fraction of sp³-hybridized carbons (Fsp3) is 1.00. The third-order valence-electron chi connectivity index (χ3n) is 3.85. The van der Waals surface area contributed by atoms with Crippen molar-refractivity contribution >= 4 is 0 Å². The molecule has 0 aromatic carbocycles. The van der Waals surface area contributed by atoms with Crippen LogP contribution >= 0.6 is 0 Å². The van der Waals surface area contributed by atoms with Gasteiger partial charge in [-0.15, -0.1) is 0 Å². The third-order valence-corrected chi connectivity index (χ3v) is 3.85. The van der Waals surface area contributed by atoms with Gasteiger partial charge in [-0.25, -0.2) is 0 Å². The van der Waals surface area contributed by atoms with Crippen molar-refractivity contribution in [3.8, 4) is 0 Å². The second-order valence-electron chi connectivity index (χ2n) is 6.14. The van der Waals surface area contributed by atoms with Gasteiger partial charge in [-0.1, -0.05) is 0 Å². The Labute approximate surface area is 118 Å². The van der Waals surface area contributed by atoms with E-state index in [0.29, 0.717) is 6.61 Å². The van der Waals surface area contributed by atoms with Gasteiger partial charge < -0.3 is 33.5 Å². The number of rotatable bonds is 3. The van der Waals surface area contributed by atoms with Crippen molar-refractivity contribution in [1.82, 2.24) is 0 Å². The van der Waals surface area contributed by atoms with E-state index < -0.39 is 35.7 Å². The molecule has 0 aromatic heterocycles. The van der Waals surface area contributed by atoms with Crippen LogP contribution < -0.4 is 0 Å². The van der Waals surface area contributed by atoms with Gasteiger partial charge >= 0.3 is 0 Å².